The molecule has 0 aliphatic carbocycles. The minimum atomic E-state index is 0.0563. The van der Waals surface area contributed by atoms with Crippen LogP contribution in [0.25, 0.3) is 0 Å². The van der Waals surface area contributed by atoms with Crippen molar-refractivity contribution in [3.63, 3.8) is 0 Å². The van der Waals surface area contributed by atoms with Crippen molar-refractivity contribution in [3.8, 4) is 0 Å². The van der Waals surface area contributed by atoms with Crippen LogP contribution in [0.1, 0.15) is 23.7 Å². The molecule has 0 atom stereocenters. The predicted octanol–water partition coefficient (Wildman–Crippen LogP) is 2.21. The Morgan fingerprint density at radius 3 is 2.55 bits per heavy atom. The Bertz CT molecular complexity index is 520. The molecule has 0 amide bonds. The zero-order valence-electron chi connectivity index (χ0n) is 12.1. The number of hydrogen-bond donors (Lipinski definition) is 1. The number of rotatable bonds is 6. The van der Waals surface area contributed by atoms with E-state index in [-0.39, 0.29) is 6.61 Å². The Kier molecular flexibility index (Phi) is 5.07. The summed E-state index contributed by atoms with van der Waals surface area (Å²) in [7, 11) is 2.03. The summed E-state index contributed by atoms with van der Waals surface area (Å²) in [5.74, 6) is 0.919. The number of aliphatic hydroxyl groups excluding tert-OH is 1. The highest BCUT2D eigenvalue weighted by Gasteiger charge is 2.06. The largest absolute Gasteiger partial charge is 0.392 e. The summed E-state index contributed by atoms with van der Waals surface area (Å²) in [5, 5.41) is 9.32. The predicted molar refractivity (Wildman–Crippen MR) is 80.7 cm³/mol. The van der Waals surface area contributed by atoms with Crippen LogP contribution in [0.15, 0.2) is 36.7 Å². The van der Waals surface area contributed by atoms with Gasteiger partial charge in [0.05, 0.1) is 6.61 Å². The summed E-state index contributed by atoms with van der Waals surface area (Å²) in [4.78, 5) is 10.8. The summed E-state index contributed by atoms with van der Waals surface area (Å²) >= 11 is 0. The first-order chi connectivity index (χ1) is 9.72. The molecule has 0 spiro atoms. The van der Waals surface area contributed by atoms with Gasteiger partial charge in [0.2, 0.25) is 0 Å². The number of aryl methyl sites for hydroxylation is 1. The number of anilines is 1. The number of likely N-dealkylation sites (N-methyl/N-ethyl adjacent to an activating group) is 1. The fourth-order valence-corrected chi connectivity index (χ4v) is 2.06. The number of hydrogen-bond acceptors (Lipinski definition) is 4. The van der Waals surface area contributed by atoms with Crippen molar-refractivity contribution >= 4 is 5.82 Å². The van der Waals surface area contributed by atoms with Crippen molar-refractivity contribution in [1.82, 2.24) is 9.97 Å². The van der Waals surface area contributed by atoms with Crippen molar-refractivity contribution in [2.24, 2.45) is 0 Å². The highest BCUT2D eigenvalue weighted by Crippen LogP contribution is 2.15. The van der Waals surface area contributed by atoms with Crippen molar-refractivity contribution in [1.29, 1.82) is 0 Å². The topological polar surface area (TPSA) is 49.2 Å². The van der Waals surface area contributed by atoms with Gasteiger partial charge < -0.3 is 10.0 Å². The van der Waals surface area contributed by atoms with E-state index in [2.05, 4.69) is 21.8 Å². The van der Waals surface area contributed by atoms with Gasteiger partial charge in [-0.25, -0.2) is 4.98 Å². The molecule has 2 aromatic heterocycles. The molecule has 4 heteroatoms. The van der Waals surface area contributed by atoms with Crippen molar-refractivity contribution in [3.05, 3.63) is 53.5 Å². The Morgan fingerprint density at radius 1 is 1.15 bits per heavy atom. The summed E-state index contributed by atoms with van der Waals surface area (Å²) in [6.45, 7) is 3.01. The third kappa shape index (κ3) is 3.78. The van der Waals surface area contributed by atoms with E-state index in [0.717, 1.165) is 36.5 Å². The van der Waals surface area contributed by atoms with Gasteiger partial charge in [-0.15, -0.1) is 0 Å². The van der Waals surface area contributed by atoms with E-state index in [1.54, 1.807) is 0 Å². The molecule has 0 bridgehead atoms. The second-order valence-corrected chi connectivity index (χ2v) is 4.86. The van der Waals surface area contributed by atoms with Gasteiger partial charge in [0.25, 0.3) is 0 Å². The van der Waals surface area contributed by atoms with E-state index in [1.807, 2.05) is 43.7 Å². The normalized spacial score (nSPS) is 10.6. The molecule has 0 aliphatic heterocycles. The van der Waals surface area contributed by atoms with E-state index in [1.165, 1.54) is 5.56 Å². The molecule has 0 aromatic carbocycles. The molecule has 0 unspecified atom stereocenters. The number of aromatic nitrogens is 2. The maximum Gasteiger partial charge on any atom is 0.128 e. The van der Waals surface area contributed by atoms with Crippen molar-refractivity contribution in [2.45, 2.75) is 26.4 Å². The van der Waals surface area contributed by atoms with Crippen LogP contribution >= 0.6 is 0 Å². The number of pyridine rings is 2. The molecule has 0 aliphatic rings. The maximum atomic E-state index is 9.32. The van der Waals surface area contributed by atoms with Crippen molar-refractivity contribution in [2.75, 3.05) is 18.5 Å². The van der Waals surface area contributed by atoms with E-state index < -0.39 is 0 Å². The van der Waals surface area contributed by atoms with Crippen LogP contribution < -0.4 is 4.90 Å². The third-order valence-corrected chi connectivity index (χ3v) is 3.35. The van der Waals surface area contributed by atoms with E-state index >= 15 is 0 Å². The van der Waals surface area contributed by atoms with E-state index in [0.29, 0.717) is 0 Å². The third-order valence-electron chi connectivity index (χ3n) is 3.35. The monoisotopic (exact) mass is 271 g/mol. The first kappa shape index (κ1) is 14.5. The average molecular weight is 271 g/mol. The van der Waals surface area contributed by atoms with Crippen LogP contribution in [0.3, 0.4) is 0 Å². The SMILES string of the molecule is CCc1cc(CO)cc(N(C)CCc2ccncc2)n1. The summed E-state index contributed by atoms with van der Waals surface area (Å²) in [5.41, 5.74) is 3.20. The molecule has 0 saturated heterocycles. The van der Waals surface area contributed by atoms with Gasteiger partial charge in [-0.2, -0.15) is 0 Å². The fraction of sp³-hybridized carbons (Fsp3) is 0.375. The van der Waals surface area contributed by atoms with Gasteiger partial charge >= 0.3 is 0 Å². The lowest BCUT2D eigenvalue weighted by molar-refractivity contribution is 0.281. The highest BCUT2D eigenvalue weighted by atomic mass is 16.3. The molecule has 2 aromatic rings. The average Bonchev–Trinajstić information content (AvgIpc) is 2.52. The fourth-order valence-electron chi connectivity index (χ4n) is 2.06. The lowest BCUT2D eigenvalue weighted by Crippen LogP contribution is -2.22. The summed E-state index contributed by atoms with van der Waals surface area (Å²) < 4.78 is 0. The van der Waals surface area contributed by atoms with Gasteiger partial charge in [0, 0.05) is 31.7 Å². The summed E-state index contributed by atoms with van der Waals surface area (Å²) in [6, 6.07) is 7.97. The summed E-state index contributed by atoms with van der Waals surface area (Å²) in [6.07, 6.45) is 5.45. The minimum absolute atomic E-state index is 0.0563. The minimum Gasteiger partial charge on any atom is -0.392 e. The Morgan fingerprint density at radius 2 is 1.90 bits per heavy atom. The quantitative estimate of drug-likeness (QED) is 0.875. The lowest BCUT2D eigenvalue weighted by atomic mass is 10.2. The van der Waals surface area contributed by atoms with Gasteiger partial charge in [-0.05, 0) is 48.2 Å². The molecule has 2 heterocycles. The van der Waals surface area contributed by atoms with Crippen molar-refractivity contribution < 1.29 is 5.11 Å². The molecule has 0 fully saturated rings. The van der Waals surface area contributed by atoms with Gasteiger partial charge in [0.1, 0.15) is 5.82 Å². The molecule has 4 nitrogen and oxygen atoms in total. The molecule has 2 rings (SSSR count). The zero-order valence-corrected chi connectivity index (χ0v) is 12.1. The standard InChI is InChI=1S/C16H21N3O/c1-3-15-10-14(12-20)11-16(18-15)19(2)9-6-13-4-7-17-8-5-13/h4-5,7-8,10-11,20H,3,6,9,12H2,1-2H3. The van der Waals surface area contributed by atoms with Crippen LogP contribution in [0.2, 0.25) is 0 Å². The Balaban J connectivity index is 2.06. The number of nitrogens with zero attached hydrogens (tertiary/aromatic N) is 3. The van der Waals surface area contributed by atoms with Crippen LogP contribution in [-0.4, -0.2) is 28.7 Å². The lowest BCUT2D eigenvalue weighted by Gasteiger charge is -2.19. The molecule has 20 heavy (non-hydrogen) atoms. The first-order valence-electron chi connectivity index (χ1n) is 6.93. The molecule has 1 N–H and O–H groups in total. The number of aliphatic hydroxyl groups is 1. The van der Waals surface area contributed by atoms with Crippen LogP contribution in [0.4, 0.5) is 5.82 Å². The van der Waals surface area contributed by atoms with E-state index in [9.17, 15) is 5.11 Å². The second-order valence-electron chi connectivity index (χ2n) is 4.86. The molecule has 0 radical (unpaired) electrons. The zero-order chi connectivity index (χ0) is 14.4. The highest BCUT2D eigenvalue weighted by molar-refractivity contribution is 5.42. The Hall–Kier alpha value is -1.94. The molecular formula is C16H21N3O. The molecule has 0 saturated carbocycles. The van der Waals surface area contributed by atoms with Crippen LogP contribution in [0, 0.1) is 0 Å². The second kappa shape index (κ2) is 7.01. The Labute approximate surface area is 120 Å². The maximum absolute atomic E-state index is 9.32. The van der Waals surface area contributed by atoms with E-state index in [4.69, 9.17) is 0 Å². The smallest absolute Gasteiger partial charge is 0.128 e. The first-order valence-corrected chi connectivity index (χ1v) is 6.93. The van der Waals surface area contributed by atoms with Crippen LogP contribution in [-0.2, 0) is 19.4 Å². The molecular weight excluding hydrogens is 250 g/mol. The van der Waals surface area contributed by atoms with Crippen LogP contribution in [0.5, 0.6) is 0 Å². The van der Waals surface area contributed by atoms with Gasteiger partial charge in [-0.1, -0.05) is 6.92 Å². The van der Waals surface area contributed by atoms with Gasteiger partial charge in [-0.3, -0.25) is 4.98 Å². The molecule has 106 valence electrons. The van der Waals surface area contributed by atoms with Gasteiger partial charge in [0.15, 0.2) is 0 Å².